The molecule has 112 valence electrons. The van der Waals surface area contributed by atoms with Gasteiger partial charge in [-0.1, -0.05) is 11.6 Å². The van der Waals surface area contributed by atoms with E-state index in [2.05, 4.69) is 34.3 Å². The van der Waals surface area contributed by atoms with Crippen molar-refractivity contribution in [2.75, 3.05) is 5.43 Å². The molecule has 2 heterocycles. The molecule has 2 aromatic heterocycles. The highest BCUT2D eigenvalue weighted by atomic mass is 32.1. The summed E-state index contributed by atoms with van der Waals surface area (Å²) < 4.78 is 0. The Balaban J connectivity index is 1.91. The Hall–Kier alpha value is -2.47. The summed E-state index contributed by atoms with van der Waals surface area (Å²) in [6.07, 6.45) is 3.12. The molecule has 0 amide bonds. The third-order valence-electron chi connectivity index (χ3n) is 3.52. The van der Waals surface area contributed by atoms with Gasteiger partial charge in [0, 0.05) is 10.4 Å². The summed E-state index contributed by atoms with van der Waals surface area (Å²) in [5.41, 5.74) is 5.84. The molecular weight excluding hydrogens is 296 g/mol. The first-order valence-corrected chi connectivity index (χ1v) is 7.67. The predicted octanol–water partition coefficient (Wildman–Crippen LogP) is 3.77. The lowest BCUT2D eigenvalue weighted by Crippen LogP contribution is -1.96. The van der Waals surface area contributed by atoms with E-state index in [9.17, 15) is 5.11 Å². The van der Waals surface area contributed by atoms with Crippen LogP contribution in [0.1, 0.15) is 21.6 Å². The molecule has 0 saturated heterocycles. The van der Waals surface area contributed by atoms with E-state index in [4.69, 9.17) is 0 Å². The Labute approximate surface area is 132 Å². The van der Waals surface area contributed by atoms with E-state index in [1.165, 1.54) is 11.2 Å². The van der Waals surface area contributed by atoms with Crippen molar-refractivity contribution in [2.24, 2.45) is 5.10 Å². The number of aromatic hydroxyl groups is 1. The van der Waals surface area contributed by atoms with Crippen LogP contribution in [0.25, 0.3) is 10.2 Å². The first-order chi connectivity index (χ1) is 10.6. The van der Waals surface area contributed by atoms with Crippen LogP contribution in [0.5, 0.6) is 5.75 Å². The average molecular weight is 312 g/mol. The minimum atomic E-state index is 0.201. The summed E-state index contributed by atoms with van der Waals surface area (Å²) in [4.78, 5) is 10.7. The van der Waals surface area contributed by atoms with E-state index >= 15 is 0 Å². The maximum Gasteiger partial charge on any atom is 0.158 e. The average Bonchev–Trinajstić information content (AvgIpc) is 2.79. The van der Waals surface area contributed by atoms with Crippen LogP contribution >= 0.6 is 11.3 Å². The number of nitrogens with one attached hydrogen (secondary N) is 1. The molecule has 0 spiro atoms. The maximum atomic E-state index is 9.81. The number of benzene rings is 1. The molecule has 2 N–H and O–H groups in total. The SMILES string of the molecule is Cc1ccc(O)c(C=NNc2ncnc3sc(C)c(C)c23)c1. The topological polar surface area (TPSA) is 70.4 Å². The van der Waals surface area contributed by atoms with Crippen molar-refractivity contribution >= 4 is 33.6 Å². The van der Waals surface area contributed by atoms with Crippen molar-refractivity contribution in [2.45, 2.75) is 20.8 Å². The number of hydrogen-bond donors (Lipinski definition) is 2. The highest BCUT2D eigenvalue weighted by Crippen LogP contribution is 2.32. The first-order valence-electron chi connectivity index (χ1n) is 6.85. The summed E-state index contributed by atoms with van der Waals surface area (Å²) in [7, 11) is 0. The highest BCUT2D eigenvalue weighted by molar-refractivity contribution is 7.18. The predicted molar refractivity (Wildman–Crippen MR) is 90.9 cm³/mol. The second-order valence-electron chi connectivity index (χ2n) is 5.12. The third-order valence-corrected chi connectivity index (χ3v) is 4.64. The maximum absolute atomic E-state index is 9.81. The summed E-state index contributed by atoms with van der Waals surface area (Å²) in [6, 6.07) is 5.38. The second kappa shape index (κ2) is 5.73. The first kappa shape index (κ1) is 14.5. The number of aromatic nitrogens is 2. The number of rotatable bonds is 3. The van der Waals surface area contributed by atoms with E-state index in [1.54, 1.807) is 23.6 Å². The smallest absolute Gasteiger partial charge is 0.158 e. The molecule has 0 aliphatic carbocycles. The van der Waals surface area contributed by atoms with Gasteiger partial charge in [-0.25, -0.2) is 9.97 Å². The number of aryl methyl sites for hydroxylation is 3. The molecular formula is C16H16N4OS. The molecule has 0 radical (unpaired) electrons. The van der Waals surface area contributed by atoms with Gasteiger partial charge in [-0.2, -0.15) is 5.10 Å². The van der Waals surface area contributed by atoms with Gasteiger partial charge in [-0.3, -0.25) is 5.43 Å². The molecule has 1 aromatic carbocycles. The van der Waals surface area contributed by atoms with Crippen LogP contribution in [0.2, 0.25) is 0 Å². The Bertz CT molecular complexity index is 870. The normalized spacial score (nSPS) is 11.4. The van der Waals surface area contributed by atoms with E-state index in [1.807, 2.05) is 19.1 Å². The van der Waals surface area contributed by atoms with Gasteiger partial charge in [0.2, 0.25) is 0 Å². The lowest BCUT2D eigenvalue weighted by molar-refractivity contribution is 0.474. The number of phenolic OH excluding ortho intramolecular Hbond substituents is 1. The lowest BCUT2D eigenvalue weighted by Gasteiger charge is -2.03. The van der Waals surface area contributed by atoms with Crippen molar-refractivity contribution in [1.29, 1.82) is 0 Å². The van der Waals surface area contributed by atoms with Gasteiger partial charge in [0.25, 0.3) is 0 Å². The fourth-order valence-electron chi connectivity index (χ4n) is 2.21. The summed E-state index contributed by atoms with van der Waals surface area (Å²) >= 11 is 1.64. The number of hydrazone groups is 1. The van der Waals surface area contributed by atoms with Crippen LogP contribution in [0.4, 0.5) is 5.82 Å². The van der Waals surface area contributed by atoms with Gasteiger partial charge in [-0.05, 0) is 38.5 Å². The monoisotopic (exact) mass is 312 g/mol. The second-order valence-corrected chi connectivity index (χ2v) is 6.32. The molecule has 0 atom stereocenters. The zero-order valence-electron chi connectivity index (χ0n) is 12.6. The molecule has 0 unspecified atom stereocenters. The van der Waals surface area contributed by atoms with Gasteiger partial charge in [0.15, 0.2) is 5.82 Å². The molecule has 3 aromatic rings. The highest BCUT2D eigenvalue weighted by Gasteiger charge is 2.11. The summed E-state index contributed by atoms with van der Waals surface area (Å²) in [6.45, 7) is 6.09. The molecule has 22 heavy (non-hydrogen) atoms. The molecule has 0 aliphatic heterocycles. The van der Waals surface area contributed by atoms with Crippen molar-refractivity contribution in [1.82, 2.24) is 9.97 Å². The van der Waals surface area contributed by atoms with Crippen LogP contribution < -0.4 is 5.43 Å². The van der Waals surface area contributed by atoms with Crippen molar-refractivity contribution in [3.05, 3.63) is 46.1 Å². The fraction of sp³-hybridized carbons (Fsp3) is 0.188. The Kier molecular flexibility index (Phi) is 3.77. The van der Waals surface area contributed by atoms with Gasteiger partial charge < -0.3 is 5.11 Å². The molecule has 0 saturated carbocycles. The summed E-state index contributed by atoms with van der Waals surface area (Å²) in [5, 5.41) is 15.0. The van der Waals surface area contributed by atoms with E-state index < -0.39 is 0 Å². The number of fused-ring (bicyclic) bond motifs is 1. The molecule has 0 bridgehead atoms. The number of thiophene rings is 1. The van der Waals surface area contributed by atoms with Gasteiger partial charge in [0.1, 0.15) is 16.9 Å². The molecule has 0 fully saturated rings. The molecule has 5 nitrogen and oxygen atoms in total. The van der Waals surface area contributed by atoms with E-state index in [0.29, 0.717) is 11.4 Å². The van der Waals surface area contributed by atoms with Gasteiger partial charge in [0.05, 0.1) is 11.6 Å². The number of phenols is 1. The van der Waals surface area contributed by atoms with Crippen molar-refractivity contribution in [3.8, 4) is 5.75 Å². The van der Waals surface area contributed by atoms with Crippen molar-refractivity contribution in [3.63, 3.8) is 0 Å². The fourth-order valence-corrected chi connectivity index (χ4v) is 3.20. The zero-order valence-corrected chi connectivity index (χ0v) is 13.4. The number of anilines is 1. The Morgan fingerprint density at radius 2 is 2.05 bits per heavy atom. The van der Waals surface area contributed by atoms with Crippen LogP contribution in [-0.4, -0.2) is 21.3 Å². The van der Waals surface area contributed by atoms with Crippen LogP contribution in [0.15, 0.2) is 29.6 Å². The third kappa shape index (κ3) is 2.65. The Morgan fingerprint density at radius 3 is 2.86 bits per heavy atom. The largest absolute Gasteiger partial charge is 0.507 e. The van der Waals surface area contributed by atoms with Crippen LogP contribution in [0, 0.1) is 20.8 Å². The lowest BCUT2D eigenvalue weighted by atomic mass is 10.1. The minimum Gasteiger partial charge on any atom is -0.507 e. The zero-order chi connectivity index (χ0) is 15.7. The Morgan fingerprint density at radius 1 is 1.23 bits per heavy atom. The molecule has 3 rings (SSSR count). The van der Waals surface area contributed by atoms with E-state index in [0.717, 1.165) is 21.3 Å². The number of nitrogens with zero attached hydrogens (tertiary/aromatic N) is 3. The van der Waals surface area contributed by atoms with Crippen LogP contribution in [0.3, 0.4) is 0 Å². The van der Waals surface area contributed by atoms with Gasteiger partial charge in [-0.15, -0.1) is 11.3 Å². The van der Waals surface area contributed by atoms with Gasteiger partial charge >= 0.3 is 0 Å². The molecule has 6 heteroatoms. The summed E-state index contributed by atoms with van der Waals surface area (Å²) in [5.74, 6) is 0.877. The minimum absolute atomic E-state index is 0.201. The van der Waals surface area contributed by atoms with Crippen molar-refractivity contribution < 1.29 is 5.11 Å². The van der Waals surface area contributed by atoms with Crippen LogP contribution in [-0.2, 0) is 0 Å². The standard InChI is InChI=1S/C16H16N4OS/c1-9-4-5-13(21)12(6-9)7-19-20-15-14-10(2)11(3)22-16(14)18-8-17-15/h4-8,21H,1-3H3,(H,17,18,20). The quantitative estimate of drug-likeness (QED) is 0.570. The number of hydrogen-bond acceptors (Lipinski definition) is 6. The molecule has 0 aliphatic rings. The van der Waals surface area contributed by atoms with E-state index in [-0.39, 0.29) is 5.75 Å².